The molecule has 12 heteroatoms. The van der Waals surface area contributed by atoms with Crippen molar-refractivity contribution in [3.8, 4) is 5.75 Å². The highest BCUT2D eigenvalue weighted by molar-refractivity contribution is 7.33. The zero-order valence-corrected chi connectivity index (χ0v) is 23.4. The number of H-pyrrole nitrogens is 1. The molecule has 40 heavy (non-hydrogen) atoms. The molecule has 5 atom stereocenters. The van der Waals surface area contributed by atoms with Crippen LogP contribution in [0.5, 0.6) is 5.75 Å². The fourth-order valence-electron chi connectivity index (χ4n) is 5.02. The summed E-state index contributed by atoms with van der Waals surface area (Å²) < 4.78 is 48.2. The van der Waals surface area contributed by atoms with Gasteiger partial charge in [-0.3, -0.25) is 14.3 Å². The Bertz CT molecular complexity index is 1430. The predicted molar refractivity (Wildman–Crippen MR) is 146 cm³/mol. The Hall–Kier alpha value is -2.92. The molecule has 1 N–H and O–H groups in total. The monoisotopic (exact) mass is 573 g/mol. The molecule has 5 rings (SSSR count). The molecule has 1 unspecified atom stereocenters. The average molecular weight is 574 g/mol. The normalized spacial score (nSPS) is 23.8. The van der Waals surface area contributed by atoms with Crippen molar-refractivity contribution in [1.29, 1.82) is 0 Å². The van der Waals surface area contributed by atoms with Crippen LogP contribution in [-0.2, 0) is 27.8 Å². The van der Waals surface area contributed by atoms with Gasteiger partial charge in [-0.2, -0.15) is 0 Å². The molecule has 0 radical (unpaired) electrons. The predicted octanol–water partition coefficient (Wildman–Crippen LogP) is 4.44. The maximum atomic E-state index is 12.3. The lowest BCUT2D eigenvalue weighted by molar-refractivity contribution is -0.199. The van der Waals surface area contributed by atoms with E-state index in [2.05, 4.69) is 23.2 Å². The summed E-state index contributed by atoms with van der Waals surface area (Å²) in [6.45, 7) is 4.38. The van der Waals surface area contributed by atoms with E-state index >= 15 is 0 Å². The molecule has 0 aliphatic carbocycles. The molecular formula is C28H34N2O9P+. The van der Waals surface area contributed by atoms with E-state index < -0.39 is 49.8 Å². The smallest absolute Gasteiger partial charge is 0.493 e. The second-order valence-corrected chi connectivity index (χ2v) is 11.2. The van der Waals surface area contributed by atoms with E-state index in [0.29, 0.717) is 13.2 Å². The second kappa shape index (κ2) is 12.7. The van der Waals surface area contributed by atoms with Crippen LogP contribution in [-0.4, -0.2) is 53.5 Å². The van der Waals surface area contributed by atoms with Gasteiger partial charge in [0.25, 0.3) is 5.56 Å². The van der Waals surface area contributed by atoms with Crippen LogP contribution in [0.4, 0.5) is 0 Å². The molecule has 1 aromatic heterocycles. The summed E-state index contributed by atoms with van der Waals surface area (Å²) in [6, 6.07) is 15.4. The van der Waals surface area contributed by atoms with E-state index in [0.717, 1.165) is 42.2 Å². The van der Waals surface area contributed by atoms with Gasteiger partial charge in [-0.15, -0.1) is 9.05 Å². The third kappa shape index (κ3) is 6.86. The summed E-state index contributed by atoms with van der Waals surface area (Å²) in [5.41, 5.74) is -1.14. The van der Waals surface area contributed by atoms with Crippen LogP contribution in [0.25, 0.3) is 10.8 Å². The van der Waals surface area contributed by atoms with Gasteiger partial charge in [0.05, 0.1) is 6.61 Å². The number of aromatic nitrogens is 2. The van der Waals surface area contributed by atoms with Gasteiger partial charge in [-0.05, 0) is 44.6 Å². The summed E-state index contributed by atoms with van der Waals surface area (Å²) >= 11 is 0. The van der Waals surface area contributed by atoms with Gasteiger partial charge in [0.1, 0.15) is 37.3 Å². The number of fused-ring (bicyclic) bond motifs is 2. The molecular weight excluding hydrogens is 539 g/mol. The minimum absolute atomic E-state index is 0.0735. The van der Waals surface area contributed by atoms with E-state index in [1.165, 1.54) is 16.8 Å². The number of unbranched alkanes of at least 4 members (excludes halogenated alkanes) is 3. The molecule has 2 aromatic carbocycles. The van der Waals surface area contributed by atoms with Crippen LogP contribution in [0.15, 0.2) is 64.3 Å². The molecule has 0 bridgehead atoms. The van der Waals surface area contributed by atoms with E-state index in [1.54, 1.807) is 13.8 Å². The minimum atomic E-state index is -2.36. The van der Waals surface area contributed by atoms with Crippen LogP contribution in [0.1, 0.15) is 45.8 Å². The molecule has 0 spiro atoms. The molecule has 0 saturated carbocycles. The summed E-state index contributed by atoms with van der Waals surface area (Å²) in [5.74, 6) is -0.0108. The van der Waals surface area contributed by atoms with Crippen LogP contribution in [0.2, 0.25) is 0 Å². The summed E-state index contributed by atoms with van der Waals surface area (Å²) in [6.07, 6.45) is 2.20. The topological polar surface area (TPSA) is 127 Å². The third-order valence-corrected chi connectivity index (χ3v) is 7.59. The van der Waals surface area contributed by atoms with Crippen molar-refractivity contribution >= 4 is 19.0 Å². The SMILES string of the molecule is CC1(C)O[C@@H]2[C@H](O1)[C@@H](CO[P+](=O)OCCCCCCOc1cccc3ccccc13)O[C@H]2n1ccc(=O)[nH]c1=O. The largest absolute Gasteiger partial charge is 0.697 e. The van der Waals surface area contributed by atoms with Crippen molar-refractivity contribution in [2.45, 2.75) is 69.9 Å². The first-order valence-electron chi connectivity index (χ1n) is 13.5. The lowest BCUT2D eigenvalue weighted by Crippen LogP contribution is -2.37. The Kier molecular flexibility index (Phi) is 9.10. The third-order valence-electron chi connectivity index (χ3n) is 6.84. The van der Waals surface area contributed by atoms with Crippen molar-refractivity contribution in [1.82, 2.24) is 9.55 Å². The fraction of sp³-hybridized carbons (Fsp3) is 0.500. The van der Waals surface area contributed by atoms with Gasteiger partial charge in [0.2, 0.25) is 0 Å². The first kappa shape index (κ1) is 28.6. The Morgan fingerprint density at radius 1 is 0.925 bits per heavy atom. The van der Waals surface area contributed by atoms with Crippen LogP contribution in [0.3, 0.4) is 0 Å². The Morgan fingerprint density at radius 3 is 2.50 bits per heavy atom. The number of hydrogen-bond donors (Lipinski definition) is 1. The number of nitrogens with one attached hydrogen (secondary N) is 1. The second-order valence-electron chi connectivity index (χ2n) is 10.2. The van der Waals surface area contributed by atoms with E-state index in [-0.39, 0.29) is 6.61 Å². The van der Waals surface area contributed by atoms with E-state index in [1.807, 2.05) is 24.3 Å². The van der Waals surface area contributed by atoms with Gasteiger partial charge in [-0.1, -0.05) is 42.8 Å². The highest BCUT2D eigenvalue weighted by Gasteiger charge is 2.56. The number of nitrogens with zero attached hydrogens (tertiary/aromatic N) is 1. The van der Waals surface area contributed by atoms with Gasteiger partial charge in [-0.25, -0.2) is 4.79 Å². The Labute approximate surface area is 232 Å². The van der Waals surface area contributed by atoms with Crippen molar-refractivity contribution in [2.75, 3.05) is 19.8 Å². The summed E-state index contributed by atoms with van der Waals surface area (Å²) in [5, 5.41) is 2.27. The maximum Gasteiger partial charge on any atom is 0.697 e. The molecule has 2 fully saturated rings. The van der Waals surface area contributed by atoms with Crippen molar-refractivity contribution in [3.63, 3.8) is 0 Å². The lowest BCUT2D eigenvalue weighted by atomic mass is 10.1. The zero-order valence-electron chi connectivity index (χ0n) is 22.5. The first-order valence-corrected chi connectivity index (χ1v) is 14.6. The van der Waals surface area contributed by atoms with Crippen molar-refractivity contribution < 1.29 is 32.6 Å². The Morgan fingerprint density at radius 2 is 1.68 bits per heavy atom. The van der Waals surface area contributed by atoms with Gasteiger partial charge >= 0.3 is 13.9 Å². The standard InChI is InChI=1S/C28H33N2O9P/c1-28(2)38-24-22(37-26(25(24)39-28)30-15-14-23(31)29-27(30)32)18-36-40(33)35-17-8-4-3-7-16-34-21-13-9-11-19-10-5-6-12-20(19)21/h5-6,9-15,22,24-26H,3-4,7-8,16-18H2,1-2H3/p+1/t22-,24-,25-,26-/m1/s1. The average Bonchev–Trinajstić information content (AvgIpc) is 3.42. The van der Waals surface area contributed by atoms with Gasteiger partial charge in [0.15, 0.2) is 12.0 Å². The minimum Gasteiger partial charge on any atom is -0.493 e. The summed E-state index contributed by atoms with van der Waals surface area (Å²) in [4.78, 5) is 26.0. The lowest BCUT2D eigenvalue weighted by Gasteiger charge is -2.24. The number of benzene rings is 2. The quantitative estimate of drug-likeness (QED) is 0.233. The summed E-state index contributed by atoms with van der Waals surface area (Å²) in [7, 11) is -2.36. The molecule has 0 amide bonds. The number of ether oxygens (including phenoxy) is 4. The maximum absolute atomic E-state index is 12.3. The number of hydrogen-bond acceptors (Lipinski definition) is 9. The molecule has 3 aromatic rings. The van der Waals surface area contributed by atoms with Crippen LogP contribution in [0, 0.1) is 0 Å². The van der Waals surface area contributed by atoms with Gasteiger partial charge < -0.3 is 18.9 Å². The zero-order chi connectivity index (χ0) is 28.1. The first-order chi connectivity index (χ1) is 19.3. The molecule has 2 aliphatic rings. The number of aromatic amines is 1. The molecule has 3 heterocycles. The molecule has 11 nitrogen and oxygen atoms in total. The number of rotatable bonds is 13. The van der Waals surface area contributed by atoms with Crippen LogP contribution >= 0.6 is 8.25 Å². The molecule has 214 valence electrons. The highest BCUT2D eigenvalue weighted by Crippen LogP contribution is 2.43. The van der Waals surface area contributed by atoms with Crippen molar-refractivity contribution in [2.24, 2.45) is 0 Å². The Balaban J connectivity index is 1.01. The van der Waals surface area contributed by atoms with Crippen molar-refractivity contribution in [3.05, 3.63) is 75.6 Å². The highest BCUT2D eigenvalue weighted by atomic mass is 31.1. The molecule has 2 aliphatic heterocycles. The molecule has 2 saturated heterocycles. The van der Waals surface area contributed by atoms with Gasteiger partial charge in [0, 0.05) is 22.2 Å². The van der Waals surface area contributed by atoms with E-state index in [4.69, 9.17) is 28.0 Å². The van der Waals surface area contributed by atoms with Crippen LogP contribution < -0.4 is 16.0 Å². The van der Waals surface area contributed by atoms with E-state index in [9.17, 15) is 14.2 Å². The fourth-order valence-corrected chi connectivity index (χ4v) is 5.64.